The molecule has 0 radical (unpaired) electrons. The summed E-state index contributed by atoms with van der Waals surface area (Å²) in [5.74, 6) is -1.51. The molecule has 0 bridgehead atoms. The van der Waals surface area contributed by atoms with Crippen LogP contribution < -0.4 is 11.1 Å². The normalized spacial score (nSPS) is 16.9. The number of esters is 1. The van der Waals surface area contributed by atoms with Crippen LogP contribution in [0, 0.1) is 0 Å². The Morgan fingerprint density at radius 1 is 1.29 bits per heavy atom. The second-order valence-electron chi connectivity index (χ2n) is 6.28. The van der Waals surface area contributed by atoms with Gasteiger partial charge in [0.25, 0.3) is 6.43 Å². The van der Waals surface area contributed by atoms with Crippen molar-refractivity contribution in [3.63, 3.8) is 0 Å². The SMILES string of the molecule is CCC(NC(=O)OC(C)(C)C)C(N)(C(=O)OCC(O)CO)C(F)F. The summed E-state index contributed by atoms with van der Waals surface area (Å²) in [6.45, 7) is 4.78. The van der Waals surface area contributed by atoms with Crippen molar-refractivity contribution < 1.29 is 38.1 Å². The Morgan fingerprint density at radius 2 is 1.83 bits per heavy atom. The number of nitrogens with one attached hydrogen (secondary N) is 1. The molecule has 0 saturated carbocycles. The fraction of sp³-hybridized carbons (Fsp3) is 0.857. The summed E-state index contributed by atoms with van der Waals surface area (Å²) in [5.41, 5.74) is 1.84. The lowest BCUT2D eigenvalue weighted by Gasteiger charge is -2.35. The van der Waals surface area contributed by atoms with Gasteiger partial charge in [0.1, 0.15) is 18.3 Å². The van der Waals surface area contributed by atoms with Crippen LogP contribution in [0.15, 0.2) is 0 Å². The first-order chi connectivity index (χ1) is 10.9. The Bertz CT molecular complexity index is 430. The molecule has 0 aromatic heterocycles. The number of aliphatic hydroxyl groups excluding tert-OH is 2. The molecule has 24 heavy (non-hydrogen) atoms. The van der Waals surface area contributed by atoms with Crippen LogP contribution in [0.25, 0.3) is 0 Å². The molecule has 0 aromatic rings. The highest BCUT2D eigenvalue weighted by atomic mass is 19.3. The smallest absolute Gasteiger partial charge is 0.407 e. The first-order valence-corrected chi connectivity index (χ1v) is 7.41. The first-order valence-electron chi connectivity index (χ1n) is 7.41. The summed E-state index contributed by atoms with van der Waals surface area (Å²) in [4.78, 5) is 23.8. The van der Waals surface area contributed by atoms with E-state index >= 15 is 0 Å². The minimum absolute atomic E-state index is 0.0995. The summed E-state index contributed by atoms with van der Waals surface area (Å²) in [7, 11) is 0. The minimum atomic E-state index is -3.35. The lowest BCUT2D eigenvalue weighted by Crippen LogP contribution is -2.68. The lowest BCUT2D eigenvalue weighted by atomic mass is 9.89. The van der Waals surface area contributed by atoms with E-state index in [9.17, 15) is 18.4 Å². The molecule has 0 rings (SSSR count). The zero-order chi connectivity index (χ0) is 19.1. The first kappa shape index (κ1) is 22.5. The molecule has 0 aliphatic rings. The number of carbonyl (C=O) groups is 2. The maximum atomic E-state index is 13.4. The van der Waals surface area contributed by atoms with Crippen LogP contribution in [0.1, 0.15) is 34.1 Å². The third kappa shape index (κ3) is 6.54. The molecule has 8 nitrogen and oxygen atoms in total. The predicted molar refractivity (Wildman–Crippen MR) is 80.4 cm³/mol. The summed E-state index contributed by atoms with van der Waals surface area (Å²) in [6.07, 6.45) is -5.88. The number of rotatable bonds is 8. The van der Waals surface area contributed by atoms with E-state index in [2.05, 4.69) is 10.1 Å². The van der Waals surface area contributed by atoms with Crippen LogP contribution in [-0.2, 0) is 14.3 Å². The number of alkyl halides is 2. The highest BCUT2D eigenvalue weighted by Gasteiger charge is 2.52. The van der Waals surface area contributed by atoms with Gasteiger partial charge in [-0.2, -0.15) is 0 Å². The molecule has 3 unspecified atom stereocenters. The largest absolute Gasteiger partial charge is 0.461 e. The predicted octanol–water partition coefficient (Wildman–Crippen LogP) is 0.149. The van der Waals surface area contributed by atoms with E-state index in [1.54, 1.807) is 20.8 Å². The van der Waals surface area contributed by atoms with Gasteiger partial charge in [-0.1, -0.05) is 6.92 Å². The van der Waals surface area contributed by atoms with Crippen LogP contribution in [-0.4, -0.2) is 65.2 Å². The molecule has 0 aromatic carbocycles. The second-order valence-corrected chi connectivity index (χ2v) is 6.28. The van der Waals surface area contributed by atoms with E-state index in [0.29, 0.717) is 0 Å². The molecule has 0 heterocycles. The number of hydrogen-bond acceptors (Lipinski definition) is 7. The van der Waals surface area contributed by atoms with Gasteiger partial charge < -0.3 is 30.7 Å². The molecule has 10 heteroatoms. The van der Waals surface area contributed by atoms with Crippen LogP contribution >= 0.6 is 0 Å². The Balaban J connectivity index is 5.20. The second kappa shape index (κ2) is 9.09. The summed E-state index contributed by atoms with van der Waals surface area (Å²) < 4.78 is 36.4. The van der Waals surface area contributed by atoms with Gasteiger partial charge in [0.05, 0.1) is 12.6 Å². The average Bonchev–Trinajstić information content (AvgIpc) is 2.46. The van der Waals surface area contributed by atoms with Gasteiger partial charge >= 0.3 is 12.1 Å². The molecule has 1 amide bonds. The molecule has 0 aliphatic carbocycles. The summed E-state index contributed by atoms with van der Waals surface area (Å²) in [5, 5.41) is 19.9. The summed E-state index contributed by atoms with van der Waals surface area (Å²) >= 11 is 0. The zero-order valence-corrected chi connectivity index (χ0v) is 14.2. The van der Waals surface area contributed by atoms with Crippen molar-refractivity contribution in [2.45, 2.75) is 63.8 Å². The maximum absolute atomic E-state index is 13.4. The molecular weight excluding hydrogens is 330 g/mol. The van der Waals surface area contributed by atoms with E-state index in [1.807, 2.05) is 0 Å². The van der Waals surface area contributed by atoms with Gasteiger partial charge in [-0.25, -0.2) is 18.4 Å². The number of ether oxygens (including phenoxy) is 2. The van der Waals surface area contributed by atoms with Gasteiger partial charge in [0.2, 0.25) is 0 Å². The van der Waals surface area contributed by atoms with Gasteiger partial charge in [-0.15, -0.1) is 0 Å². The lowest BCUT2D eigenvalue weighted by molar-refractivity contribution is -0.162. The highest BCUT2D eigenvalue weighted by molar-refractivity contribution is 5.83. The van der Waals surface area contributed by atoms with Crippen LogP contribution in [0.4, 0.5) is 13.6 Å². The van der Waals surface area contributed by atoms with Crippen molar-refractivity contribution in [3.8, 4) is 0 Å². The minimum Gasteiger partial charge on any atom is -0.461 e. The number of amides is 1. The van der Waals surface area contributed by atoms with Crippen LogP contribution in [0.2, 0.25) is 0 Å². The third-order valence-electron chi connectivity index (χ3n) is 3.01. The molecular formula is C14H26F2N2O6. The molecule has 0 aliphatic heterocycles. The zero-order valence-electron chi connectivity index (χ0n) is 14.2. The Hall–Kier alpha value is -1.52. The van der Waals surface area contributed by atoms with E-state index in [0.717, 1.165) is 0 Å². The number of nitrogens with two attached hydrogens (primary N) is 1. The summed E-state index contributed by atoms with van der Waals surface area (Å²) in [6, 6.07) is -1.47. The number of halogens is 2. The Labute approximate surface area is 139 Å². The Kier molecular flexibility index (Phi) is 8.52. The van der Waals surface area contributed by atoms with Gasteiger partial charge in [-0.3, -0.25) is 0 Å². The molecule has 142 valence electrons. The van der Waals surface area contributed by atoms with Crippen LogP contribution in [0.5, 0.6) is 0 Å². The van der Waals surface area contributed by atoms with E-state index in [1.165, 1.54) is 6.92 Å². The van der Waals surface area contributed by atoms with Gasteiger partial charge in [0, 0.05) is 0 Å². The Morgan fingerprint density at radius 3 is 2.21 bits per heavy atom. The van der Waals surface area contributed by atoms with E-state index in [-0.39, 0.29) is 6.42 Å². The average molecular weight is 356 g/mol. The van der Waals surface area contributed by atoms with Crippen molar-refractivity contribution in [2.75, 3.05) is 13.2 Å². The van der Waals surface area contributed by atoms with Crippen molar-refractivity contribution in [1.82, 2.24) is 5.32 Å². The topological polar surface area (TPSA) is 131 Å². The van der Waals surface area contributed by atoms with Crippen molar-refractivity contribution in [2.24, 2.45) is 5.73 Å². The van der Waals surface area contributed by atoms with Crippen molar-refractivity contribution in [1.29, 1.82) is 0 Å². The maximum Gasteiger partial charge on any atom is 0.407 e. The van der Waals surface area contributed by atoms with Gasteiger partial charge in [0.15, 0.2) is 5.54 Å². The van der Waals surface area contributed by atoms with Crippen molar-refractivity contribution >= 4 is 12.1 Å². The number of hydrogen-bond donors (Lipinski definition) is 4. The molecule has 0 spiro atoms. The number of carbonyl (C=O) groups excluding carboxylic acids is 2. The number of aliphatic hydroxyl groups is 2. The quantitative estimate of drug-likeness (QED) is 0.455. The monoisotopic (exact) mass is 356 g/mol. The fourth-order valence-corrected chi connectivity index (χ4v) is 1.74. The molecule has 0 fully saturated rings. The van der Waals surface area contributed by atoms with E-state index in [4.69, 9.17) is 20.7 Å². The van der Waals surface area contributed by atoms with Crippen molar-refractivity contribution in [3.05, 3.63) is 0 Å². The third-order valence-corrected chi connectivity index (χ3v) is 3.01. The molecule has 3 atom stereocenters. The highest BCUT2D eigenvalue weighted by Crippen LogP contribution is 2.22. The molecule has 0 saturated heterocycles. The molecule has 5 N–H and O–H groups in total. The standard InChI is InChI=1S/C14H26F2N2O6/c1-5-9(18-12(22)24-13(2,3)4)14(17,10(15)16)11(21)23-7-8(20)6-19/h8-10,19-20H,5-7,17H2,1-4H3,(H,18,22). The van der Waals surface area contributed by atoms with Gasteiger partial charge in [-0.05, 0) is 27.2 Å². The van der Waals surface area contributed by atoms with E-state index < -0.39 is 55.0 Å². The fourth-order valence-electron chi connectivity index (χ4n) is 1.74. The van der Waals surface area contributed by atoms with Crippen LogP contribution in [0.3, 0.4) is 0 Å². The number of alkyl carbamates (subject to hydrolysis) is 1.